The fourth-order valence-corrected chi connectivity index (χ4v) is 2.69. The highest BCUT2D eigenvalue weighted by molar-refractivity contribution is 5.78. The van der Waals surface area contributed by atoms with E-state index < -0.39 is 0 Å². The van der Waals surface area contributed by atoms with Crippen molar-refractivity contribution in [2.45, 2.75) is 33.3 Å². The van der Waals surface area contributed by atoms with Crippen LogP contribution in [0, 0.1) is 0 Å². The first-order valence-corrected chi connectivity index (χ1v) is 9.00. The van der Waals surface area contributed by atoms with E-state index in [0.717, 1.165) is 12.0 Å². The van der Waals surface area contributed by atoms with Crippen LogP contribution in [0.4, 0.5) is 5.95 Å². The monoisotopic (exact) mass is 377 g/mol. The van der Waals surface area contributed by atoms with Gasteiger partial charge in [-0.15, -0.1) is 0 Å². The second-order valence-corrected chi connectivity index (χ2v) is 6.70. The fraction of sp³-hybridized carbons (Fsp3) is 0.238. The lowest BCUT2D eigenvalue weighted by atomic mass is 10.1. The predicted octanol–water partition coefficient (Wildman–Crippen LogP) is 3.63. The SMILES string of the molecule is C=C(CCC=C(C)C)c1nc2c(OCc3ccccc3)nc(N)nc2[nH]c1=O. The molecule has 1 aromatic carbocycles. The van der Waals surface area contributed by atoms with Crippen molar-refractivity contribution in [1.29, 1.82) is 0 Å². The molecule has 0 saturated carbocycles. The van der Waals surface area contributed by atoms with Gasteiger partial charge >= 0.3 is 0 Å². The number of aromatic nitrogens is 4. The fourth-order valence-electron chi connectivity index (χ4n) is 2.69. The first-order chi connectivity index (χ1) is 13.4. The van der Waals surface area contributed by atoms with Gasteiger partial charge in [0.15, 0.2) is 11.2 Å². The third-order valence-electron chi connectivity index (χ3n) is 4.09. The Kier molecular flexibility index (Phi) is 5.84. The molecule has 7 nitrogen and oxygen atoms in total. The lowest BCUT2D eigenvalue weighted by Crippen LogP contribution is -2.16. The largest absolute Gasteiger partial charge is 0.471 e. The van der Waals surface area contributed by atoms with Crippen molar-refractivity contribution < 1.29 is 4.74 Å². The molecule has 0 amide bonds. The van der Waals surface area contributed by atoms with E-state index in [0.29, 0.717) is 24.1 Å². The van der Waals surface area contributed by atoms with Crippen LogP contribution in [-0.2, 0) is 6.61 Å². The molecule has 0 radical (unpaired) electrons. The molecule has 3 rings (SSSR count). The zero-order valence-corrected chi connectivity index (χ0v) is 16.0. The Morgan fingerprint density at radius 3 is 2.68 bits per heavy atom. The number of nitrogen functional groups attached to an aromatic ring is 1. The highest BCUT2D eigenvalue weighted by atomic mass is 16.5. The van der Waals surface area contributed by atoms with Crippen molar-refractivity contribution in [3.05, 3.63) is 70.2 Å². The molecule has 2 aromatic heterocycles. The maximum atomic E-state index is 12.4. The highest BCUT2D eigenvalue weighted by Crippen LogP contribution is 2.22. The van der Waals surface area contributed by atoms with Gasteiger partial charge in [-0.2, -0.15) is 9.97 Å². The zero-order valence-electron chi connectivity index (χ0n) is 16.0. The summed E-state index contributed by atoms with van der Waals surface area (Å²) in [6.45, 7) is 8.37. The molecule has 0 fully saturated rings. The number of nitrogens with two attached hydrogens (primary N) is 1. The van der Waals surface area contributed by atoms with Gasteiger partial charge in [0.2, 0.25) is 11.8 Å². The molecule has 0 aliphatic carbocycles. The summed E-state index contributed by atoms with van der Waals surface area (Å²) in [5, 5.41) is 0. The molecule has 0 aliphatic rings. The maximum Gasteiger partial charge on any atom is 0.275 e. The van der Waals surface area contributed by atoms with Crippen LogP contribution in [0.3, 0.4) is 0 Å². The van der Waals surface area contributed by atoms with E-state index in [1.165, 1.54) is 5.57 Å². The van der Waals surface area contributed by atoms with E-state index in [1.807, 2.05) is 44.2 Å². The molecular formula is C21H23N5O2. The van der Waals surface area contributed by atoms with Gasteiger partial charge in [0.05, 0.1) is 0 Å². The van der Waals surface area contributed by atoms with Crippen LogP contribution in [0.5, 0.6) is 5.88 Å². The minimum absolute atomic E-state index is 0.00291. The van der Waals surface area contributed by atoms with Crippen molar-refractivity contribution in [2.75, 3.05) is 5.73 Å². The average Bonchev–Trinajstić information content (AvgIpc) is 2.65. The number of hydrogen-bond acceptors (Lipinski definition) is 6. The van der Waals surface area contributed by atoms with E-state index in [2.05, 4.69) is 32.6 Å². The maximum absolute atomic E-state index is 12.4. The minimum atomic E-state index is -0.359. The number of ether oxygens (including phenoxy) is 1. The number of hydrogen-bond donors (Lipinski definition) is 2. The van der Waals surface area contributed by atoms with E-state index in [4.69, 9.17) is 10.5 Å². The average molecular weight is 377 g/mol. The van der Waals surface area contributed by atoms with Crippen molar-refractivity contribution in [2.24, 2.45) is 0 Å². The van der Waals surface area contributed by atoms with E-state index >= 15 is 0 Å². The Balaban J connectivity index is 1.94. The number of fused-ring (bicyclic) bond motifs is 1. The number of anilines is 1. The molecule has 3 N–H and O–H groups in total. The molecule has 2 heterocycles. The number of allylic oxidation sites excluding steroid dienone is 3. The van der Waals surface area contributed by atoms with Crippen molar-refractivity contribution >= 4 is 22.7 Å². The molecular weight excluding hydrogens is 354 g/mol. The lowest BCUT2D eigenvalue weighted by molar-refractivity contribution is 0.297. The smallest absolute Gasteiger partial charge is 0.275 e. The second-order valence-electron chi connectivity index (χ2n) is 6.70. The summed E-state index contributed by atoms with van der Waals surface area (Å²) < 4.78 is 5.82. The standard InChI is InChI=1S/C21H23N5O2/c1-13(2)8-7-9-14(3)16-19(27)24-18-17(23-16)20(26-21(22)25-18)28-12-15-10-5-4-6-11-15/h4-6,8,10-11H,3,7,9,12H2,1-2H3,(H3,22,24,25,26,27). The third kappa shape index (κ3) is 4.62. The van der Waals surface area contributed by atoms with Crippen molar-refractivity contribution in [1.82, 2.24) is 19.9 Å². The topological polar surface area (TPSA) is 107 Å². The summed E-state index contributed by atoms with van der Waals surface area (Å²) in [5.74, 6) is 0.226. The Morgan fingerprint density at radius 1 is 1.21 bits per heavy atom. The third-order valence-corrected chi connectivity index (χ3v) is 4.09. The van der Waals surface area contributed by atoms with Gasteiger partial charge in [0, 0.05) is 0 Å². The van der Waals surface area contributed by atoms with Gasteiger partial charge in [-0.05, 0) is 37.8 Å². The molecule has 7 heteroatoms. The normalized spacial score (nSPS) is 10.6. The highest BCUT2D eigenvalue weighted by Gasteiger charge is 2.15. The molecule has 0 atom stereocenters. The summed E-state index contributed by atoms with van der Waals surface area (Å²) in [7, 11) is 0. The number of rotatable bonds is 7. The summed E-state index contributed by atoms with van der Waals surface area (Å²) in [4.78, 5) is 27.8. The Morgan fingerprint density at radius 2 is 1.96 bits per heavy atom. The number of nitrogens with zero attached hydrogens (tertiary/aromatic N) is 3. The van der Waals surface area contributed by atoms with Gasteiger partial charge in [0.1, 0.15) is 12.3 Å². The summed E-state index contributed by atoms with van der Waals surface area (Å²) in [6, 6.07) is 9.67. The Hall–Kier alpha value is -3.48. The molecule has 144 valence electrons. The molecule has 0 bridgehead atoms. The zero-order chi connectivity index (χ0) is 20.1. The van der Waals surface area contributed by atoms with Crippen molar-refractivity contribution in [3.63, 3.8) is 0 Å². The van der Waals surface area contributed by atoms with Crippen LogP contribution < -0.4 is 16.0 Å². The van der Waals surface area contributed by atoms with Crippen LogP contribution in [0.25, 0.3) is 16.7 Å². The van der Waals surface area contributed by atoms with Gasteiger partial charge in [-0.3, -0.25) is 4.79 Å². The molecule has 0 aliphatic heterocycles. The van der Waals surface area contributed by atoms with Crippen molar-refractivity contribution in [3.8, 4) is 5.88 Å². The van der Waals surface area contributed by atoms with Crippen LogP contribution in [0.2, 0.25) is 0 Å². The number of aromatic amines is 1. The van der Waals surface area contributed by atoms with E-state index in [9.17, 15) is 4.79 Å². The summed E-state index contributed by atoms with van der Waals surface area (Å²) >= 11 is 0. The summed E-state index contributed by atoms with van der Waals surface area (Å²) in [5.41, 5.74) is 9.08. The Labute approximate surface area is 163 Å². The van der Waals surface area contributed by atoms with Gasteiger partial charge < -0.3 is 15.5 Å². The number of benzene rings is 1. The second kappa shape index (κ2) is 8.47. The molecule has 0 saturated heterocycles. The molecule has 0 unspecified atom stereocenters. The van der Waals surface area contributed by atoms with Crippen LogP contribution in [0.15, 0.2) is 53.4 Å². The first kappa shape index (κ1) is 19.3. The number of H-pyrrole nitrogens is 1. The molecule has 0 spiro atoms. The molecule has 28 heavy (non-hydrogen) atoms. The van der Waals surface area contributed by atoms with Gasteiger partial charge in [0.25, 0.3) is 5.56 Å². The molecule has 3 aromatic rings. The number of nitrogens with one attached hydrogen (secondary N) is 1. The quantitative estimate of drug-likeness (QED) is 0.609. The first-order valence-electron chi connectivity index (χ1n) is 9.00. The van der Waals surface area contributed by atoms with E-state index in [1.54, 1.807) is 0 Å². The predicted molar refractivity (Wildman–Crippen MR) is 111 cm³/mol. The van der Waals surface area contributed by atoms with Gasteiger partial charge in [-0.25, -0.2) is 4.98 Å². The van der Waals surface area contributed by atoms with Crippen LogP contribution >= 0.6 is 0 Å². The summed E-state index contributed by atoms with van der Waals surface area (Å²) in [6.07, 6.45) is 3.51. The van der Waals surface area contributed by atoms with E-state index in [-0.39, 0.29) is 28.7 Å². The van der Waals surface area contributed by atoms with Crippen LogP contribution in [-0.4, -0.2) is 19.9 Å². The minimum Gasteiger partial charge on any atom is -0.471 e. The Bertz CT molecular complexity index is 1080. The van der Waals surface area contributed by atoms with Gasteiger partial charge in [-0.1, -0.05) is 48.6 Å². The van der Waals surface area contributed by atoms with Crippen LogP contribution in [0.1, 0.15) is 37.9 Å². The lowest BCUT2D eigenvalue weighted by Gasteiger charge is -2.10.